The van der Waals surface area contributed by atoms with E-state index in [9.17, 15) is 14.7 Å². The molecule has 1 aliphatic heterocycles. The number of hydrogen-bond donors (Lipinski definition) is 1. The Labute approximate surface area is 231 Å². The van der Waals surface area contributed by atoms with Crippen molar-refractivity contribution in [2.45, 2.75) is 24.8 Å². The molecular weight excluding hydrogens is 698 g/mol. The molecule has 6 nitrogen and oxygen atoms in total. The van der Waals surface area contributed by atoms with E-state index in [1.165, 1.54) is 11.3 Å². The standard InChI is InChI=1S/C24H20I2N2O4S2/c1-4-32-23(31)19-12(2)27-24-28(20(19)14-5-7-15(33-3)8-6-14)22(30)18(34-24)11-13-9-16(25)21(29)17(26)10-13/h5-11,20,29H,4H2,1-3H3/b18-11-/t20-/m0/s1. The van der Waals surface area contributed by atoms with E-state index in [-0.39, 0.29) is 17.9 Å². The van der Waals surface area contributed by atoms with Crippen molar-refractivity contribution in [1.29, 1.82) is 0 Å². The van der Waals surface area contributed by atoms with Gasteiger partial charge in [-0.1, -0.05) is 23.5 Å². The lowest BCUT2D eigenvalue weighted by atomic mass is 9.96. The average molecular weight is 718 g/mol. The predicted octanol–water partition coefficient (Wildman–Crippen LogP) is 4.44. The normalized spacial score (nSPS) is 15.8. The van der Waals surface area contributed by atoms with Crippen LogP contribution in [0.1, 0.15) is 31.0 Å². The first-order valence-corrected chi connectivity index (χ1v) is 14.5. The van der Waals surface area contributed by atoms with Crippen LogP contribution in [0.15, 0.2) is 62.4 Å². The Kier molecular flexibility index (Phi) is 7.89. The summed E-state index contributed by atoms with van der Waals surface area (Å²) in [5, 5.41) is 10.1. The second-order valence-corrected chi connectivity index (χ2v) is 11.6. The van der Waals surface area contributed by atoms with Crippen LogP contribution in [-0.4, -0.2) is 28.5 Å². The molecule has 0 bridgehead atoms. The van der Waals surface area contributed by atoms with Crippen molar-refractivity contribution in [3.8, 4) is 5.75 Å². The third-order valence-electron chi connectivity index (χ3n) is 5.29. The van der Waals surface area contributed by atoms with Gasteiger partial charge < -0.3 is 9.84 Å². The number of carbonyl (C=O) groups is 1. The lowest BCUT2D eigenvalue weighted by molar-refractivity contribution is -0.139. The maximum absolute atomic E-state index is 13.6. The molecule has 0 aliphatic carbocycles. The molecule has 0 spiro atoms. The molecule has 1 N–H and O–H groups in total. The molecular formula is C24H20I2N2O4S2. The highest BCUT2D eigenvalue weighted by Crippen LogP contribution is 2.32. The van der Waals surface area contributed by atoms with Gasteiger partial charge in [0, 0.05) is 4.90 Å². The molecule has 1 aromatic heterocycles. The van der Waals surface area contributed by atoms with Gasteiger partial charge in [-0.25, -0.2) is 9.79 Å². The second-order valence-electron chi connectivity index (χ2n) is 7.41. The number of phenols is 1. The largest absolute Gasteiger partial charge is 0.506 e. The molecule has 176 valence electrons. The van der Waals surface area contributed by atoms with Gasteiger partial charge in [-0.2, -0.15) is 0 Å². The zero-order chi connectivity index (χ0) is 24.6. The van der Waals surface area contributed by atoms with Gasteiger partial charge >= 0.3 is 5.97 Å². The Bertz CT molecular complexity index is 1470. The summed E-state index contributed by atoms with van der Waals surface area (Å²) >= 11 is 7.04. The Balaban J connectivity index is 1.95. The first kappa shape index (κ1) is 25.5. The molecule has 3 aromatic rings. The highest BCUT2D eigenvalue weighted by molar-refractivity contribution is 14.1. The minimum Gasteiger partial charge on any atom is -0.506 e. The number of aromatic nitrogens is 1. The summed E-state index contributed by atoms with van der Waals surface area (Å²) in [5.41, 5.74) is 2.30. The summed E-state index contributed by atoms with van der Waals surface area (Å²) in [6.45, 7) is 3.76. The van der Waals surface area contributed by atoms with Gasteiger partial charge in [0.25, 0.3) is 5.56 Å². The van der Waals surface area contributed by atoms with E-state index < -0.39 is 12.0 Å². The number of esters is 1. The quantitative estimate of drug-likeness (QED) is 0.240. The van der Waals surface area contributed by atoms with Crippen molar-refractivity contribution in [2.75, 3.05) is 12.9 Å². The van der Waals surface area contributed by atoms with Crippen molar-refractivity contribution in [2.24, 2.45) is 4.99 Å². The maximum Gasteiger partial charge on any atom is 0.338 e. The Hall–Kier alpha value is -1.64. The van der Waals surface area contributed by atoms with Crippen LogP contribution < -0.4 is 14.9 Å². The van der Waals surface area contributed by atoms with Crippen molar-refractivity contribution < 1.29 is 14.6 Å². The number of ether oxygens (including phenoxy) is 1. The van der Waals surface area contributed by atoms with Gasteiger partial charge in [0.05, 0.1) is 35.6 Å². The minimum atomic E-state index is -0.631. The molecule has 0 saturated heterocycles. The molecule has 0 fully saturated rings. The predicted molar refractivity (Wildman–Crippen MR) is 152 cm³/mol. The summed E-state index contributed by atoms with van der Waals surface area (Å²) in [5.74, 6) is -0.247. The summed E-state index contributed by atoms with van der Waals surface area (Å²) in [4.78, 5) is 32.8. The van der Waals surface area contributed by atoms with Gasteiger partial charge in [-0.05, 0) is 107 Å². The molecule has 0 radical (unpaired) electrons. The lowest BCUT2D eigenvalue weighted by Crippen LogP contribution is -2.39. The number of benzene rings is 2. The van der Waals surface area contributed by atoms with Crippen LogP contribution >= 0.6 is 68.3 Å². The van der Waals surface area contributed by atoms with E-state index in [2.05, 4.69) is 50.2 Å². The van der Waals surface area contributed by atoms with Gasteiger partial charge in [0.2, 0.25) is 0 Å². The summed E-state index contributed by atoms with van der Waals surface area (Å²) < 4.78 is 8.83. The molecule has 34 heavy (non-hydrogen) atoms. The van der Waals surface area contributed by atoms with Gasteiger partial charge in [0.1, 0.15) is 5.75 Å². The zero-order valence-electron chi connectivity index (χ0n) is 18.5. The van der Waals surface area contributed by atoms with Crippen LogP contribution in [0.25, 0.3) is 6.08 Å². The number of fused-ring (bicyclic) bond motifs is 1. The topological polar surface area (TPSA) is 80.9 Å². The van der Waals surface area contributed by atoms with Crippen LogP contribution in [0.2, 0.25) is 0 Å². The summed E-state index contributed by atoms with van der Waals surface area (Å²) in [7, 11) is 0. The number of allylic oxidation sites excluding steroid dienone is 1. The number of thioether (sulfide) groups is 1. The van der Waals surface area contributed by atoms with E-state index in [4.69, 9.17) is 4.74 Å². The third kappa shape index (κ3) is 4.86. The molecule has 0 saturated carbocycles. The molecule has 1 atom stereocenters. The SMILES string of the molecule is CCOC(=O)C1=C(C)N=c2s/c(=C\c3cc(I)c(O)c(I)c3)c(=O)n2[C@H]1c1ccc(SC)cc1. The van der Waals surface area contributed by atoms with Crippen LogP contribution in [0.5, 0.6) is 5.75 Å². The number of thiazole rings is 1. The smallest absolute Gasteiger partial charge is 0.338 e. The molecule has 4 rings (SSSR count). The fourth-order valence-corrected chi connectivity index (χ4v) is 6.98. The Morgan fingerprint density at radius 2 is 1.91 bits per heavy atom. The lowest BCUT2D eigenvalue weighted by Gasteiger charge is -2.24. The number of rotatable bonds is 5. The first-order valence-electron chi connectivity index (χ1n) is 10.3. The summed E-state index contributed by atoms with van der Waals surface area (Å²) in [6.07, 6.45) is 3.79. The minimum absolute atomic E-state index is 0.225. The van der Waals surface area contributed by atoms with Crippen molar-refractivity contribution in [3.63, 3.8) is 0 Å². The Morgan fingerprint density at radius 1 is 1.26 bits per heavy atom. The molecule has 1 aliphatic rings. The zero-order valence-corrected chi connectivity index (χ0v) is 24.4. The van der Waals surface area contributed by atoms with E-state index in [1.807, 2.05) is 42.7 Å². The third-order valence-corrected chi connectivity index (χ3v) is 8.66. The van der Waals surface area contributed by atoms with Crippen molar-refractivity contribution >= 4 is 80.3 Å². The Morgan fingerprint density at radius 3 is 2.50 bits per heavy atom. The van der Waals surface area contributed by atoms with E-state index in [1.54, 1.807) is 36.3 Å². The van der Waals surface area contributed by atoms with Gasteiger partial charge in [-0.3, -0.25) is 9.36 Å². The molecule has 2 heterocycles. The number of carbonyl (C=O) groups excluding carboxylic acids is 1. The summed E-state index contributed by atoms with van der Waals surface area (Å²) in [6, 6.07) is 10.9. The van der Waals surface area contributed by atoms with Gasteiger partial charge in [0.15, 0.2) is 4.80 Å². The van der Waals surface area contributed by atoms with Crippen molar-refractivity contribution in [3.05, 3.63) is 85.6 Å². The molecule has 0 unspecified atom stereocenters. The fourth-order valence-electron chi connectivity index (χ4n) is 3.71. The highest BCUT2D eigenvalue weighted by Gasteiger charge is 2.33. The number of hydrogen-bond acceptors (Lipinski definition) is 7. The van der Waals surface area contributed by atoms with Crippen LogP contribution in [0.4, 0.5) is 0 Å². The maximum atomic E-state index is 13.6. The number of aromatic hydroxyl groups is 1. The number of phenolic OH excluding ortho intramolecular Hbond substituents is 1. The van der Waals surface area contributed by atoms with Crippen LogP contribution in [-0.2, 0) is 9.53 Å². The number of halogens is 2. The molecule has 2 aromatic carbocycles. The van der Waals surface area contributed by atoms with Crippen LogP contribution in [0, 0.1) is 7.14 Å². The fraction of sp³-hybridized carbons (Fsp3) is 0.208. The van der Waals surface area contributed by atoms with E-state index in [0.29, 0.717) is 27.7 Å². The van der Waals surface area contributed by atoms with Crippen molar-refractivity contribution in [1.82, 2.24) is 4.57 Å². The highest BCUT2D eigenvalue weighted by atomic mass is 127. The molecule has 10 heteroatoms. The second kappa shape index (κ2) is 10.5. The number of nitrogens with zero attached hydrogens (tertiary/aromatic N) is 2. The van der Waals surface area contributed by atoms with E-state index >= 15 is 0 Å². The van der Waals surface area contributed by atoms with Crippen LogP contribution in [0.3, 0.4) is 0 Å². The van der Waals surface area contributed by atoms with Gasteiger partial charge in [-0.15, -0.1) is 11.8 Å². The first-order chi connectivity index (χ1) is 16.2. The monoisotopic (exact) mass is 718 g/mol. The average Bonchev–Trinajstić information content (AvgIpc) is 3.11. The van der Waals surface area contributed by atoms with E-state index in [0.717, 1.165) is 16.0 Å². The molecule has 0 amide bonds.